The molecule has 0 unspecified atom stereocenters. The van der Waals surface area contributed by atoms with Crippen LogP contribution < -0.4 is 5.73 Å². The number of nitrogens with zero attached hydrogens (tertiary/aromatic N) is 2. The SMILES string of the molecule is Cc1coc(SCc2nc3c(N)cccc3o2)n1. The lowest BCUT2D eigenvalue weighted by atomic mass is 10.3. The third-order valence-electron chi connectivity index (χ3n) is 2.41. The molecule has 5 nitrogen and oxygen atoms in total. The van der Waals surface area contributed by atoms with Crippen LogP contribution in [0, 0.1) is 6.92 Å². The van der Waals surface area contributed by atoms with Gasteiger partial charge in [-0.25, -0.2) is 9.97 Å². The van der Waals surface area contributed by atoms with E-state index < -0.39 is 0 Å². The maximum absolute atomic E-state index is 5.82. The summed E-state index contributed by atoms with van der Waals surface area (Å²) >= 11 is 1.44. The molecule has 2 N–H and O–H groups in total. The molecule has 18 heavy (non-hydrogen) atoms. The minimum Gasteiger partial charge on any atom is -0.440 e. The zero-order valence-electron chi connectivity index (χ0n) is 9.71. The number of anilines is 1. The summed E-state index contributed by atoms with van der Waals surface area (Å²) in [6, 6.07) is 5.50. The van der Waals surface area contributed by atoms with E-state index in [4.69, 9.17) is 14.6 Å². The number of para-hydroxylation sites is 1. The third-order valence-corrected chi connectivity index (χ3v) is 3.24. The Morgan fingerprint density at radius 1 is 1.33 bits per heavy atom. The van der Waals surface area contributed by atoms with Crippen LogP contribution in [0.5, 0.6) is 0 Å². The van der Waals surface area contributed by atoms with Crippen LogP contribution in [0.3, 0.4) is 0 Å². The largest absolute Gasteiger partial charge is 0.440 e. The highest BCUT2D eigenvalue weighted by molar-refractivity contribution is 7.98. The van der Waals surface area contributed by atoms with Gasteiger partial charge in [0.25, 0.3) is 5.22 Å². The molecule has 0 saturated carbocycles. The van der Waals surface area contributed by atoms with Crippen LogP contribution in [-0.4, -0.2) is 9.97 Å². The van der Waals surface area contributed by atoms with Gasteiger partial charge in [0.15, 0.2) is 5.58 Å². The number of oxazole rings is 2. The summed E-state index contributed by atoms with van der Waals surface area (Å²) in [5, 5.41) is 0.614. The highest BCUT2D eigenvalue weighted by atomic mass is 32.2. The maximum Gasteiger partial charge on any atom is 0.256 e. The molecular weight excluding hydrogens is 250 g/mol. The number of aromatic nitrogens is 2. The second kappa shape index (κ2) is 4.38. The minimum absolute atomic E-state index is 0.564. The fourth-order valence-corrected chi connectivity index (χ4v) is 2.29. The number of nitrogens with two attached hydrogens (primary N) is 1. The van der Waals surface area contributed by atoms with Crippen molar-refractivity contribution in [3.63, 3.8) is 0 Å². The molecule has 1 aromatic carbocycles. The molecule has 6 heteroatoms. The normalized spacial score (nSPS) is 11.2. The molecular formula is C12H11N3O2S. The first-order chi connectivity index (χ1) is 8.72. The average molecular weight is 261 g/mol. The Morgan fingerprint density at radius 3 is 2.94 bits per heavy atom. The van der Waals surface area contributed by atoms with Crippen molar-refractivity contribution in [1.82, 2.24) is 9.97 Å². The topological polar surface area (TPSA) is 78.1 Å². The van der Waals surface area contributed by atoms with Crippen molar-refractivity contribution < 1.29 is 8.83 Å². The van der Waals surface area contributed by atoms with E-state index in [0.29, 0.717) is 33.7 Å². The molecule has 3 rings (SSSR count). The lowest BCUT2D eigenvalue weighted by Crippen LogP contribution is -1.85. The van der Waals surface area contributed by atoms with Crippen LogP contribution >= 0.6 is 11.8 Å². The first-order valence-electron chi connectivity index (χ1n) is 5.41. The molecule has 2 heterocycles. The van der Waals surface area contributed by atoms with Gasteiger partial charge in [-0.05, 0) is 19.1 Å². The number of hydrogen-bond donors (Lipinski definition) is 1. The second-order valence-corrected chi connectivity index (χ2v) is 4.77. The molecule has 92 valence electrons. The average Bonchev–Trinajstić information content (AvgIpc) is 2.93. The number of fused-ring (bicyclic) bond motifs is 1. The van der Waals surface area contributed by atoms with Crippen LogP contribution in [-0.2, 0) is 5.75 Å². The maximum atomic E-state index is 5.82. The highest BCUT2D eigenvalue weighted by Crippen LogP contribution is 2.26. The summed E-state index contributed by atoms with van der Waals surface area (Å²) in [6.45, 7) is 1.88. The van der Waals surface area contributed by atoms with Crippen molar-refractivity contribution in [3.8, 4) is 0 Å². The van der Waals surface area contributed by atoms with Crippen molar-refractivity contribution in [2.24, 2.45) is 0 Å². The zero-order chi connectivity index (χ0) is 12.5. The number of hydrogen-bond acceptors (Lipinski definition) is 6. The molecule has 2 aromatic heterocycles. The van der Waals surface area contributed by atoms with Gasteiger partial charge in [-0.3, -0.25) is 0 Å². The third kappa shape index (κ3) is 2.06. The summed E-state index contributed by atoms with van der Waals surface area (Å²) < 4.78 is 10.8. The molecule has 0 bridgehead atoms. The lowest BCUT2D eigenvalue weighted by molar-refractivity contribution is 0.453. The second-order valence-electron chi connectivity index (χ2n) is 3.85. The van der Waals surface area contributed by atoms with Crippen molar-refractivity contribution in [1.29, 1.82) is 0 Å². The van der Waals surface area contributed by atoms with E-state index >= 15 is 0 Å². The Bertz CT molecular complexity index is 690. The molecule has 0 spiro atoms. The van der Waals surface area contributed by atoms with Gasteiger partial charge in [0.2, 0.25) is 5.89 Å². The smallest absolute Gasteiger partial charge is 0.256 e. The minimum atomic E-state index is 0.564. The summed E-state index contributed by atoms with van der Waals surface area (Å²) in [6.07, 6.45) is 1.62. The highest BCUT2D eigenvalue weighted by Gasteiger charge is 2.10. The van der Waals surface area contributed by atoms with E-state index in [1.54, 1.807) is 12.3 Å². The first-order valence-corrected chi connectivity index (χ1v) is 6.40. The Hall–Kier alpha value is -1.95. The fraction of sp³-hybridized carbons (Fsp3) is 0.167. The Balaban J connectivity index is 1.81. The van der Waals surface area contributed by atoms with Gasteiger partial charge in [-0.1, -0.05) is 17.8 Å². The van der Waals surface area contributed by atoms with Crippen LogP contribution in [0.15, 0.2) is 38.5 Å². The van der Waals surface area contributed by atoms with Crippen molar-refractivity contribution in [2.45, 2.75) is 17.9 Å². The fourth-order valence-electron chi connectivity index (χ4n) is 1.60. The number of aryl methyl sites for hydroxylation is 1. The van der Waals surface area contributed by atoms with Crippen LogP contribution in [0.4, 0.5) is 5.69 Å². The van der Waals surface area contributed by atoms with Gasteiger partial charge in [-0.2, -0.15) is 0 Å². The van der Waals surface area contributed by atoms with E-state index in [1.807, 2.05) is 19.1 Å². The summed E-state index contributed by atoms with van der Waals surface area (Å²) in [5.41, 5.74) is 8.71. The van der Waals surface area contributed by atoms with E-state index in [0.717, 1.165) is 5.69 Å². The number of benzene rings is 1. The van der Waals surface area contributed by atoms with E-state index in [-0.39, 0.29) is 0 Å². The van der Waals surface area contributed by atoms with Gasteiger partial charge in [0.1, 0.15) is 11.8 Å². The van der Waals surface area contributed by atoms with E-state index in [1.165, 1.54) is 11.8 Å². The van der Waals surface area contributed by atoms with Crippen molar-refractivity contribution in [3.05, 3.63) is 36.0 Å². The zero-order valence-corrected chi connectivity index (χ0v) is 10.5. The van der Waals surface area contributed by atoms with Crippen LogP contribution in [0.1, 0.15) is 11.6 Å². The van der Waals surface area contributed by atoms with Gasteiger partial charge in [0, 0.05) is 0 Å². The van der Waals surface area contributed by atoms with Gasteiger partial charge in [-0.15, -0.1) is 0 Å². The van der Waals surface area contributed by atoms with Crippen LogP contribution in [0.2, 0.25) is 0 Å². The molecule has 0 atom stereocenters. The summed E-state index contributed by atoms with van der Waals surface area (Å²) in [4.78, 5) is 8.55. The molecule has 0 fully saturated rings. The standard InChI is InChI=1S/C12H11N3O2S/c1-7-5-16-12(14-7)18-6-10-15-11-8(13)3-2-4-9(11)17-10/h2-5H,6,13H2,1H3. The Labute approximate surface area is 107 Å². The molecule has 0 aliphatic carbocycles. The summed E-state index contributed by atoms with van der Waals surface area (Å²) in [7, 11) is 0. The van der Waals surface area contributed by atoms with Gasteiger partial charge in [0.05, 0.1) is 17.1 Å². The molecule has 0 amide bonds. The van der Waals surface area contributed by atoms with Gasteiger partial charge >= 0.3 is 0 Å². The quantitative estimate of drug-likeness (QED) is 0.576. The molecule has 0 radical (unpaired) electrons. The van der Waals surface area contributed by atoms with Crippen molar-refractivity contribution >= 4 is 28.5 Å². The first kappa shape index (κ1) is 11.2. The predicted octanol–water partition coefficient (Wildman–Crippen LogP) is 3.00. The predicted molar refractivity (Wildman–Crippen MR) is 69.2 cm³/mol. The molecule has 0 aliphatic heterocycles. The Morgan fingerprint density at radius 2 is 2.22 bits per heavy atom. The van der Waals surface area contributed by atoms with E-state index in [2.05, 4.69) is 9.97 Å². The van der Waals surface area contributed by atoms with Crippen LogP contribution in [0.25, 0.3) is 11.1 Å². The van der Waals surface area contributed by atoms with Gasteiger partial charge < -0.3 is 14.6 Å². The molecule has 3 aromatic rings. The number of nitrogen functional groups attached to an aromatic ring is 1. The monoisotopic (exact) mass is 261 g/mol. The van der Waals surface area contributed by atoms with Crippen molar-refractivity contribution in [2.75, 3.05) is 5.73 Å². The Kier molecular flexibility index (Phi) is 2.71. The van der Waals surface area contributed by atoms with E-state index in [9.17, 15) is 0 Å². The molecule has 0 saturated heterocycles. The summed E-state index contributed by atoms with van der Waals surface area (Å²) in [5.74, 6) is 1.18. The molecule has 0 aliphatic rings. The number of rotatable bonds is 3. The number of thioether (sulfide) groups is 1. The lowest BCUT2D eigenvalue weighted by Gasteiger charge is -1.90.